The van der Waals surface area contributed by atoms with Gasteiger partial charge in [0.15, 0.2) is 0 Å². The molecular formula is C23H16F2N4O3. The van der Waals surface area contributed by atoms with Gasteiger partial charge in [0.25, 0.3) is 11.8 Å². The quantitative estimate of drug-likeness (QED) is 0.485. The molecule has 7 nitrogen and oxygen atoms in total. The number of hydrogen-bond acceptors (Lipinski definition) is 5. The van der Waals surface area contributed by atoms with Gasteiger partial charge in [0.2, 0.25) is 11.8 Å². The molecule has 4 rings (SSSR count). The van der Waals surface area contributed by atoms with Crippen LogP contribution in [0.15, 0.2) is 65.1 Å². The summed E-state index contributed by atoms with van der Waals surface area (Å²) < 4.78 is 33.3. The van der Waals surface area contributed by atoms with E-state index in [2.05, 4.69) is 15.5 Å². The van der Waals surface area contributed by atoms with E-state index in [4.69, 9.17) is 10.2 Å². The van der Waals surface area contributed by atoms with E-state index in [1.165, 1.54) is 12.1 Å². The first-order valence-electron chi connectivity index (χ1n) is 9.43. The second-order valence-corrected chi connectivity index (χ2v) is 6.99. The number of hydrogen-bond donors (Lipinski definition) is 2. The summed E-state index contributed by atoms with van der Waals surface area (Å²) in [5.41, 5.74) is 6.78. The fourth-order valence-corrected chi connectivity index (χ4v) is 3.03. The molecule has 32 heavy (non-hydrogen) atoms. The number of carbonyl (C=O) groups excluding carboxylic acids is 2. The number of primary amides is 1. The first kappa shape index (κ1) is 20.9. The molecule has 0 fully saturated rings. The van der Waals surface area contributed by atoms with E-state index in [9.17, 15) is 18.4 Å². The number of nitrogens with two attached hydrogens (primary N) is 1. The Labute approximate surface area is 180 Å². The Bertz CT molecular complexity index is 1330. The third kappa shape index (κ3) is 4.22. The number of amides is 2. The minimum atomic E-state index is -1.11. The maximum absolute atomic E-state index is 14.0. The second kappa shape index (κ2) is 8.38. The number of aromatic nitrogens is 2. The molecule has 160 valence electrons. The summed E-state index contributed by atoms with van der Waals surface area (Å²) in [6, 6.07) is 15.1. The Kier molecular flexibility index (Phi) is 5.46. The van der Waals surface area contributed by atoms with Crippen LogP contribution in [0, 0.1) is 18.6 Å². The zero-order valence-electron chi connectivity index (χ0n) is 16.7. The Balaban J connectivity index is 1.53. The molecule has 2 amide bonds. The van der Waals surface area contributed by atoms with E-state index in [0.29, 0.717) is 17.5 Å². The molecule has 9 heteroatoms. The highest BCUT2D eigenvalue weighted by Crippen LogP contribution is 2.25. The molecule has 0 atom stereocenters. The van der Waals surface area contributed by atoms with Crippen molar-refractivity contribution in [3.05, 3.63) is 89.0 Å². The lowest BCUT2D eigenvalue weighted by Crippen LogP contribution is -2.17. The fourth-order valence-electron chi connectivity index (χ4n) is 3.03. The van der Waals surface area contributed by atoms with Crippen molar-refractivity contribution in [3.8, 4) is 22.9 Å². The molecule has 0 aliphatic heterocycles. The highest BCUT2D eigenvalue weighted by atomic mass is 19.1. The molecule has 1 aromatic heterocycles. The van der Waals surface area contributed by atoms with Crippen molar-refractivity contribution in [3.63, 3.8) is 0 Å². The van der Waals surface area contributed by atoms with E-state index in [-0.39, 0.29) is 17.1 Å². The molecule has 0 radical (unpaired) electrons. The molecule has 0 bridgehead atoms. The van der Waals surface area contributed by atoms with Crippen LogP contribution >= 0.6 is 0 Å². The van der Waals surface area contributed by atoms with Crippen molar-refractivity contribution in [2.75, 3.05) is 5.32 Å². The maximum Gasteiger partial charge on any atom is 0.255 e. The lowest BCUT2D eigenvalue weighted by molar-refractivity contribution is 0.0992. The van der Waals surface area contributed by atoms with E-state index in [0.717, 1.165) is 17.2 Å². The van der Waals surface area contributed by atoms with Crippen LogP contribution in [-0.4, -0.2) is 22.0 Å². The number of aryl methyl sites for hydroxylation is 1. The Hall–Kier alpha value is -4.40. The molecule has 0 saturated heterocycles. The number of rotatable bonds is 5. The predicted octanol–water partition coefficient (Wildman–Crippen LogP) is 4.34. The van der Waals surface area contributed by atoms with Gasteiger partial charge in [0.1, 0.15) is 11.6 Å². The van der Waals surface area contributed by atoms with Crippen molar-refractivity contribution in [2.45, 2.75) is 6.92 Å². The molecule has 0 aliphatic rings. The summed E-state index contributed by atoms with van der Waals surface area (Å²) in [4.78, 5) is 23.7. The first-order valence-corrected chi connectivity index (χ1v) is 9.43. The predicted molar refractivity (Wildman–Crippen MR) is 113 cm³/mol. The van der Waals surface area contributed by atoms with Crippen LogP contribution in [0.5, 0.6) is 0 Å². The first-order chi connectivity index (χ1) is 15.3. The van der Waals surface area contributed by atoms with Crippen molar-refractivity contribution >= 4 is 17.5 Å². The van der Waals surface area contributed by atoms with Gasteiger partial charge in [0, 0.05) is 22.8 Å². The minimum absolute atomic E-state index is 0.191. The molecular weight excluding hydrogens is 418 g/mol. The zero-order chi connectivity index (χ0) is 22.8. The molecule has 1 heterocycles. The third-order valence-electron chi connectivity index (χ3n) is 4.65. The average molecular weight is 434 g/mol. The molecule has 4 aromatic rings. The Morgan fingerprint density at radius 1 is 0.906 bits per heavy atom. The molecule has 0 saturated carbocycles. The van der Waals surface area contributed by atoms with Gasteiger partial charge in [-0.15, -0.1) is 10.2 Å². The van der Waals surface area contributed by atoms with Crippen LogP contribution in [0.1, 0.15) is 26.3 Å². The highest BCUT2D eigenvalue weighted by molar-refractivity contribution is 6.05. The van der Waals surface area contributed by atoms with Gasteiger partial charge in [-0.1, -0.05) is 17.7 Å². The van der Waals surface area contributed by atoms with Gasteiger partial charge in [-0.2, -0.15) is 0 Å². The van der Waals surface area contributed by atoms with Crippen molar-refractivity contribution in [2.24, 2.45) is 5.73 Å². The van der Waals surface area contributed by atoms with Crippen molar-refractivity contribution in [1.82, 2.24) is 10.2 Å². The van der Waals surface area contributed by atoms with Gasteiger partial charge in [0.05, 0.1) is 11.3 Å². The number of benzene rings is 3. The third-order valence-corrected chi connectivity index (χ3v) is 4.65. The van der Waals surface area contributed by atoms with Crippen LogP contribution < -0.4 is 11.1 Å². The van der Waals surface area contributed by atoms with Gasteiger partial charge >= 0.3 is 0 Å². The maximum atomic E-state index is 14.0. The van der Waals surface area contributed by atoms with Crippen LogP contribution in [0.3, 0.4) is 0 Å². The minimum Gasteiger partial charge on any atom is -0.416 e. The van der Waals surface area contributed by atoms with E-state index >= 15 is 0 Å². The topological polar surface area (TPSA) is 111 Å². The summed E-state index contributed by atoms with van der Waals surface area (Å²) >= 11 is 0. The number of nitrogens with zero attached hydrogens (tertiary/aromatic N) is 2. The van der Waals surface area contributed by atoms with Gasteiger partial charge < -0.3 is 15.5 Å². The summed E-state index contributed by atoms with van der Waals surface area (Å²) in [5, 5.41) is 10.4. The van der Waals surface area contributed by atoms with Gasteiger partial charge in [-0.25, -0.2) is 8.78 Å². The summed E-state index contributed by atoms with van der Waals surface area (Å²) in [6.07, 6.45) is 0. The van der Waals surface area contributed by atoms with Crippen molar-refractivity contribution < 1.29 is 22.8 Å². The van der Waals surface area contributed by atoms with Crippen LogP contribution in [0.4, 0.5) is 14.5 Å². The molecule has 3 N–H and O–H groups in total. The van der Waals surface area contributed by atoms with E-state index < -0.39 is 29.0 Å². The number of carbonyl (C=O) groups is 2. The van der Waals surface area contributed by atoms with E-state index in [1.54, 1.807) is 12.1 Å². The Morgan fingerprint density at radius 3 is 2.25 bits per heavy atom. The van der Waals surface area contributed by atoms with Crippen LogP contribution in [-0.2, 0) is 0 Å². The highest BCUT2D eigenvalue weighted by Gasteiger charge is 2.17. The smallest absolute Gasteiger partial charge is 0.255 e. The fraction of sp³-hybridized carbons (Fsp3) is 0.0435. The summed E-state index contributed by atoms with van der Waals surface area (Å²) in [7, 11) is 0. The van der Waals surface area contributed by atoms with Crippen LogP contribution in [0.25, 0.3) is 22.9 Å². The monoisotopic (exact) mass is 434 g/mol. The van der Waals surface area contributed by atoms with Crippen LogP contribution in [0.2, 0.25) is 0 Å². The lowest BCUT2D eigenvalue weighted by atomic mass is 10.1. The van der Waals surface area contributed by atoms with E-state index in [1.807, 2.05) is 31.2 Å². The van der Waals surface area contributed by atoms with Crippen molar-refractivity contribution in [1.29, 1.82) is 0 Å². The number of nitrogens with one attached hydrogen (secondary N) is 1. The number of anilines is 1. The molecule has 0 spiro atoms. The summed E-state index contributed by atoms with van der Waals surface area (Å²) in [5.74, 6) is -3.25. The average Bonchev–Trinajstić information content (AvgIpc) is 3.26. The van der Waals surface area contributed by atoms with Gasteiger partial charge in [-0.3, -0.25) is 9.59 Å². The SMILES string of the molecule is Cc1cccc(-c2nnc(-c3ccc(C(=O)Nc4cc(C(N)=O)c(F)cc4F)cc3)o2)c1. The standard InChI is InChI=1S/C23H16F2N4O3/c1-12-3-2-4-15(9-12)23-29-28-22(32-23)14-7-5-13(6-8-14)21(31)27-19-10-16(20(26)30)17(24)11-18(19)25/h2-11H,1H3,(H2,26,30)(H,27,31). The normalized spacial score (nSPS) is 10.7. The molecule has 0 unspecified atom stereocenters. The second-order valence-electron chi connectivity index (χ2n) is 6.99. The summed E-state index contributed by atoms with van der Waals surface area (Å²) in [6.45, 7) is 1.96. The Morgan fingerprint density at radius 2 is 1.59 bits per heavy atom. The van der Waals surface area contributed by atoms with Gasteiger partial charge in [-0.05, 0) is 49.4 Å². The number of halogens is 2. The lowest BCUT2D eigenvalue weighted by Gasteiger charge is -2.09. The zero-order valence-corrected chi connectivity index (χ0v) is 16.7. The molecule has 0 aliphatic carbocycles. The molecule has 3 aromatic carbocycles. The largest absolute Gasteiger partial charge is 0.416 e.